The first-order valence-electron chi connectivity index (χ1n) is 7.59. The Kier molecular flexibility index (Phi) is 4.10. The second kappa shape index (κ2) is 5.89. The molecule has 3 rings (SSSR count). The first kappa shape index (κ1) is 15.3. The molecule has 2 fully saturated rings. The molecule has 1 aromatic rings. The van der Waals surface area contributed by atoms with Crippen molar-refractivity contribution < 1.29 is 9.59 Å². The van der Waals surface area contributed by atoms with Gasteiger partial charge in [-0.15, -0.1) is 0 Å². The molecule has 1 aromatic carbocycles. The number of piperidine rings is 1. The van der Waals surface area contributed by atoms with Gasteiger partial charge in [-0.3, -0.25) is 9.59 Å². The Morgan fingerprint density at radius 2 is 2.05 bits per heavy atom. The van der Waals surface area contributed by atoms with Crippen molar-refractivity contribution in [1.82, 2.24) is 10.6 Å². The number of hydrogen-bond donors (Lipinski definition) is 3. The molecule has 0 aromatic heterocycles. The van der Waals surface area contributed by atoms with Gasteiger partial charge in [0, 0.05) is 18.7 Å². The van der Waals surface area contributed by atoms with Crippen LogP contribution in [0.4, 0.5) is 5.69 Å². The van der Waals surface area contributed by atoms with Gasteiger partial charge in [0.05, 0.1) is 10.6 Å². The van der Waals surface area contributed by atoms with Gasteiger partial charge in [0.15, 0.2) is 0 Å². The standard InChI is InChI=1S/C16H20ClN3O2/c1-18-14(21)11-8-10(2-3-13(11)17)20-15(22)12-9-16(12)4-6-19-7-5-16/h2-3,8,12,19H,4-7,9H2,1H3,(H,18,21)(H,20,22). The summed E-state index contributed by atoms with van der Waals surface area (Å²) in [5.74, 6) is -0.122. The Hall–Kier alpha value is -1.59. The van der Waals surface area contributed by atoms with E-state index in [1.165, 1.54) is 0 Å². The summed E-state index contributed by atoms with van der Waals surface area (Å²) in [6, 6.07) is 4.98. The lowest BCUT2D eigenvalue weighted by atomic mass is 9.92. The molecule has 1 saturated carbocycles. The fourth-order valence-electron chi connectivity index (χ4n) is 3.34. The van der Waals surface area contributed by atoms with E-state index in [9.17, 15) is 9.59 Å². The third-order valence-electron chi connectivity index (χ3n) is 4.81. The molecule has 1 spiro atoms. The zero-order valence-corrected chi connectivity index (χ0v) is 13.3. The van der Waals surface area contributed by atoms with Crippen LogP contribution in [0.5, 0.6) is 0 Å². The van der Waals surface area contributed by atoms with Crippen LogP contribution in [0.15, 0.2) is 18.2 Å². The summed E-state index contributed by atoms with van der Waals surface area (Å²) in [5.41, 5.74) is 1.18. The summed E-state index contributed by atoms with van der Waals surface area (Å²) in [4.78, 5) is 24.2. The van der Waals surface area contributed by atoms with E-state index >= 15 is 0 Å². The van der Waals surface area contributed by atoms with Crippen LogP contribution < -0.4 is 16.0 Å². The van der Waals surface area contributed by atoms with E-state index in [-0.39, 0.29) is 23.1 Å². The van der Waals surface area contributed by atoms with E-state index in [2.05, 4.69) is 16.0 Å². The van der Waals surface area contributed by atoms with Crippen LogP contribution in [0, 0.1) is 11.3 Å². The normalized spacial score (nSPS) is 22.2. The summed E-state index contributed by atoms with van der Waals surface area (Å²) < 4.78 is 0. The van der Waals surface area contributed by atoms with Crippen molar-refractivity contribution in [3.8, 4) is 0 Å². The van der Waals surface area contributed by atoms with Gasteiger partial charge in [-0.05, 0) is 56.0 Å². The van der Waals surface area contributed by atoms with Crippen molar-refractivity contribution >= 4 is 29.1 Å². The zero-order valence-electron chi connectivity index (χ0n) is 12.5. The molecule has 1 heterocycles. The first-order valence-corrected chi connectivity index (χ1v) is 7.97. The molecular formula is C16H20ClN3O2. The monoisotopic (exact) mass is 321 g/mol. The molecular weight excluding hydrogens is 302 g/mol. The number of nitrogens with one attached hydrogen (secondary N) is 3. The lowest BCUT2D eigenvalue weighted by Gasteiger charge is -2.23. The maximum absolute atomic E-state index is 12.4. The molecule has 22 heavy (non-hydrogen) atoms. The molecule has 1 aliphatic heterocycles. The third kappa shape index (κ3) is 2.83. The maximum Gasteiger partial charge on any atom is 0.252 e. The molecule has 1 saturated heterocycles. The number of hydrogen-bond acceptors (Lipinski definition) is 3. The summed E-state index contributed by atoms with van der Waals surface area (Å²) in [5, 5.41) is 9.17. The molecule has 6 heteroatoms. The topological polar surface area (TPSA) is 70.2 Å². The van der Waals surface area contributed by atoms with Crippen LogP contribution in [-0.4, -0.2) is 32.0 Å². The molecule has 5 nitrogen and oxygen atoms in total. The average Bonchev–Trinajstić information content (AvgIpc) is 3.22. The number of halogens is 1. The second-order valence-corrected chi connectivity index (χ2v) is 6.54. The third-order valence-corrected chi connectivity index (χ3v) is 5.14. The van der Waals surface area contributed by atoms with Crippen LogP contribution in [0.3, 0.4) is 0 Å². The van der Waals surface area contributed by atoms with E-state index in [0.29, 0.717) is 16.3 Å². The highest BCUT2D eigenvalue weighted by Gasteiger charge is 2.57. The molecule has 0 radical (unpaired) electrons. The number of carbonyl (C=O) groups excluding carboxylic acids is 2. The molecule has 3 N–H and O–H groups in total. The Bertz CT molecular complexity index is 611. The summed E-state index contributed by atoms with van der Waals surface area (Å²) >= 11 is 6.02. The molecule has 1 atom stereocenters. The SMILES string of the molecule is CNC(=O)c1cc(NC(=O)C2CC23CCNCC3)ccc1Cl. The number of rotatable bonds is 3. The van der Waals surface area contributed by atoms with Crippen LogP contribution >= 0.6 is 11.6 Å². The molecule has 1 aliphatic carbocycles. The van der Waals surface area contributed by atoms with Gasteiger partial charge in [0.2, 0.25) is 5.91 Å². The maximum atomic E-state index is 12.4. The Labute approximate surface area is 134 Å². The highest BCUT2D eigenvalue weighted by Crippen LogP contribution is 2.58. The Morgan fingerprint density at radius 3 is 2.73 bits per heavy atom. The fourth-order valence-corrected chi connectivity index (χ4v) is 3.54. The van der Waals surface area contributed by atoms with E-state index in [1.807, 2.05) is 0 Å². The van der Waals surface area contributed by atoms with Gasteiger partial charge >= 0.3 is 0 Å². The van der Waals surface area contributed by atoms with Gasteiger partial charge < -0.3 is 16.0 Å². The highest BCUT2D eigenvalue weighted by atomic mass is 35.5. The van der Waals surface area contributed by atoms with Crippen LogP contribution in [0.25, 0.3) is 0 Å². The summed E-state index contributed by atoms with van der Waals surface area (Å²) in [7, 11) is 1.55. The number of amides is 2. The van der Waals surface area contributed by atoms with Crippen molar-refractivity contribution in [2.75, 3.05) is 25.5 Å². The minimum Gasteiger partial charge on any atom is -0.355 e. The lowest BCUT2D eigenvalue weighted by Crippen LogP contribution is -2.31. The van der Waals surface area contributed by atoms with Crippen LogP contribution in [-0.2, 0) is 4.79 Å². The minimum absolute atomic E-state index is 0.0482. The predicted molar refractivity (Wildman–Crippen MR) is 86.1 cm³/mol. The van der Waals surface area contributed by atoms with E-state index in [1.54, 1.807) is 25.2 Å². The summed E-state index contributed by atoms with van der Waals surface area (Å²) in [6.07, 6.45) is 3.10. The largest absolute Gasteiger partial charge is 0.355 e. The zero-order chi connectivity index (χ0) is 15.7. The number of benzene rings is 1. The van der Waals surface area contributed by atoms with E-state index < -0.39 is 0 Å². The molecule has 2 amide bonds. The van der Waals surface area contributed by atoms with Crippen molar-refractivity contribution in [3.05, 3.63) is 28.8 Å². The summed E-state index contributed by atoms with van der Waals surface area (Å²) in [6.45, 7) is 1.98. The lowest BCUT2D eigenvalue weighted by molar-refractivity contribution is -0.118. The molecule has 118 valence electrons. The average molecular weight is 322 g/mol. The van der Waals surface area contributed by atoms with E-state index in [0.717, 1.165) is 32.4 Å². The van der Waals surface area contributed by atoms with Gasteiger partial charge in [0.1, 0.15) is 0 Å². The van der Waals surface area contributed by atoms with Gasteiger partial charge in [0.25, 0.3) is 5.91 Å². The fraction of sp³-hybridized carbons (Fsp3) is 0.500. The first-order chi connectivity index (χ1) is 10.6. The van der Waals surface area contributed by atoms with Gasteiger partial charge in [-0.2, -0.15) is 0 Å². The molecule has 2 aliphatic rings. The van der Waals surface area contributed by atoms with Crippen molar-refractivity contribution in [2.45, 2.75) is 19.3 Å². The second-order valence-electron chi connectivity index (χ2n) is 6.13. The Balaban J connectivity index is 1.69. The smallest absolute Gasteiger partial charge is 0.252 e. The number of carbonyl (C=O) groups is 2. The van der Waals surface area contributed by atoms with Gasteiger partial charge in [-0.1, -0.05) is 11.6 Å². The number of anilines is 1. The van der Waals surface area contributed by atoms with Crippen molar-refractivity contribution in [3.63, 3.8) is 0 Å². The van der Waals surface area contributed by atoms with Crippen molar-refractivity contribution in [1.29, 1.82) is 0 Å². The van der Waals surface area contributed by atoms with Crippen LogP contribution in [0.1, 0.15) is 29.6 Å². The van der Waals surface area contributed by atoms with Crippen molar-refractivity contribution in [2.24, 2.45) is 11.3 Å². The quantitative estimate of drug-likeness (QED) is 0.798. The van der Waals surface area contributed by atoms with Gasteiger partial charge in [-0.25, -0.2) is 0 Å². The predicted octanol–water partition coefficient (Wildman–Crippen LogP) is 2.03. The highest BCUT2D eigenvalue weighted by molar-refractivity contribution is 6.34. The van der Waals surface area contributed by atoms with E-state index in [4.69, 9.17) is 11.6 Å². The van der Waals surface area contributed by atoms with Crippen LogP contribution in [0.2, 0.25) is 5.02 Å². The minimum atomic E-state index is -0.262. The molecule has 1 unspecified atom stereocenters. The Morgan fingerprint density at radius 1 is 1.32 bits per heavy atom. The molecule has 0 bridgehead atoms.